The van der Waals surface area contributed by atoms with Crippen molar-refractivity contribution in [3.05, 3.63) is 0 Å². The summed E-state index contributed by atoms with van der Waals surface area (Å²) >= 11 is 0. The fraction of sp³-hybridized carbons (Fsp3) is 1.00. The van der Waals surface area contributed by atoms with E-state index in [2.05, 4.69) is 0 Å². The molecular formula is C8H12. The van der Waals surface area contributed by atoms with E-state index in [1.165, 1.54) is 23.7 Å². The van der Waals surface area contributed by atoms with Crippen LogP contribution in [0.3, 0.4) is 0 Å². The summed E-state index contributed by atoms with van der Waals surface area (Å²) in [5, 5.41) is 0. The molecule has 0 bridgehead atoms. The number of fused-ring (bicyclic) bond motifs is 2. The zero-order valence-corrected chi connectivity index (χ0v) is 5.14. The molecule has 0 unspecified atom stereocenters. The monoisotopic (exact) mass is 108 g/mol. The van der Waals surface area contributed by atoms with Crippen molar-refractivity contribution in [1.82, 2.24) is 0 Å². The average molecular weight is 108 g/mol. The molecule has 0 aromatic carbocycles. The van der Waals surface area contributed by atoms with Gasteiger partial charge in [0.1, 0.15) is 0 Å². The van der Waals surface area contributed by atoms with Crippen LogP contribution < -0.4 is 0 Å². The Morgan fingerprint density at radius 2 is 0.625 bits per heavy atom. The van der Waals surface area contributed by atoms with Crippen LogP contribution in [0.4, 0.5) is 0 Å². The summed E-state index contributed by atoms with van der Waals surface area (Å²) in [4.78, 5) is 0. The van der Waals surface area contributed by atoms with E-state index in [4.69, 9.17) is 0 Å². The first-order valence-electron chi connectivity index (χ1n) is 3.93. The first-order chi connectivity index (χ1) is 3.93. The van der Waals surface area contributed by atoms with Gasteiger partial charge in [0.05, 0.1) is 0 Å². The Labute approximate surface area is 50.3 Å². The second-order valence-electron chi connectivity index (χ2n) is 3.98. The van der Waals surface area contributed by atoms with E-state index in [0.717, 1.165) is 0 Å². The van der Waals surface area contributed by atoms with Gasteiger partial charge in [-0.15, -0.1) is 0 Å². The molecule has 8 heavy (non-hydrogen) atoms. The van der Waals surface area contributed by atoms with Gasteiger partial charge in [0, 0.05) is 0 Å². The van der Waals surface area contributed by atoms with Gasteiger partial charge in [-0.2, -0.15) is 0 Å². The summed E-state index contributed by atoms with van der Waals surface area (Å²) in [5.41, 5.74) is 0. The molecule has 0 aliphatic heterocycles. The van der Waals surface area contributed by atoms with Crippen LogP contribution in [0.1, 0.15) is 25.7 Å². The molecule has 0 aromatic heterocycles. The highest BCUT2D eigenvalue weighted by atomic mass is 14.6. The van der Waals surface area contributed by atoms with Crippen LogP contribution >= 0.6 is 0 Å². The van der Waals surface area contributed by atoms with Gasteiger partial charge in [-0.1, -0.05) is 0 Å². The molecule has 0 N–H and O–H groups in total. The molecule has 4 aliphatic rings. The van der Waals surface area contributed by atoms with Crippen LogP contribution in [0.15, 0.2) is 0 Å². The van der Waals surface area contributed by atoms with Crippen molar-refractivity contribution < 1.29 is 0 Å². The van der Waals surface area contributed by atoms with Gasteiger partial charge < -0.3 is 0 Å². The molecule has 4 saturated carbocycles. The van der Waals surface area contributed by atoms with E-state index in [1.54, 1.807) is 25.7 Å². The lowest BCUT2D eigenvalue weighted by Gasteiger charge is -1.60. The summed E-state index contributed by atoms with van der Waals surface area (Å²) in [6.07, 6.45) is 6.33. The second-order valence-corrected chi connectivity index (χ2v) is 3.98. The summed E-state index contributed by atoms with van der Waals surface area (Å²) in [6.45, 7) is 0. The van der Waals surface area contributed by atoms with E-state index in [-0.39, 0.29) is 0 Å². The Morgan fingerprint density at radius 3 is 0.625 bits per heavy atom. The zero-order chi connectivity index (χ0) is 5.14. The van der Waals surface area contributed by atoms with Crippen molar-refractivity contribution in [3.8, 4) is 0 Å². The molecule has 0 radical (unpaired) electrons. The van der Waals surface area contributed by atoms with Crippen LogP contribution in [0.5, 0.6) is 0 Å². The quantitative estimate of drug-likeness (QED) is 0.445. The molecule has 4 rings (SSSR count). The zero-order valence-electron chi connectivity index (χ0n) is 5.14. The Hall–Kier alpha value is 0. The Balaban J connectivity index is 0.0000000625. The minimum atomic E-state index is 1.25. The fourth-order valence-electron chi connectivity index (χ4n) is 1.10. The minimum Gasteiger partial charge on any atom is -0.0470 e. The van der Waals surface area contributed by atoms with Crippen molar-refractivity contribution >= 4 is 0 Å². The highest BCUT2D eigenvalue weighted by molar-refractivity contribution is 5.03. The predicted octanol–water partition coefficient (Wildman–Crippen LogP) is 2.05. The Bertz CT molecular complexity index is 88.0. The molecule has 0 nitrogen and oxygen atoms in total. The van der Waals surface area contributed by atoms with E-state index in [0.29, 0.717) is 0 Å². The van der Waals surface area contributed by atoms with Gasteiger partial charge >= 0.3 is 0 Å². The highest BCUT2D eigenvalue weighted by Crippen LogP contribution is 2.62. The van der Waals surface area contributed by atoms with Gasteiger partial charge in [-0.25, -0.2) is 0 Å². The summed E-state index contributed by atoms with van der Waals surface area (Å²) in [5.74, 6) is 5.00. The second kappa shape index (κ2) is 0.984. The van der Waals surface area contributed by atoms with Gasteiger partial charge in [0.2, 0.25) is 0 Å². The summed E-state index contributed by atoms with van der Waals surface area (Å²) < 4.78 is 0. The van der Waals surface area contributed by atoms with Crippen LogP contribution in [-0.4, -0.2) is 0 Å². The lowest BCUT2D eigenvalue weighted by molar-refractivity contribution is 0.915. The third-order valence-corrected chi connectivity index (χ3v) is 2.94. The lowest BCUT2D eigenvalue weighted by atomic mass is 10.5. The van der Waals surface area contributed by atoms with Crippen molar-refractivity contribution in [2.24, 2.45) is 23.7 Å². The maximum absolute atomic E-state index is 1.58. The van der Waals surface area contributed by atoms with E-state index >= 15 is 0 Å². The predicted molar refractivity (Wildman–Crippen MR) is 32.4 cm³/mol. The van der Waals surface area contributed by atoms with Crippen LogP contribution in [0.25, 0.3) is 0 Å². The Kier molecular flexibility index (Phi) is 0.482. The topological polar surface area (TPSA) is 0 Å². The average Bonchev–Trinajstić information content (AvgIpc) is 2.14. The van der Waals surface area contributed by atoms with E-state index in [1.807, 2.05) is 0 Å². The number of hydrogen-bond donors (Lipinski definition) is 0. The number of hydrogen-bond acceptors (Lipinski definition) is 0. The van der Waals surface area contributed by atoms with Crippen molar-refractivity contribution in [1.29, 1.82) is 0 Å². The molecule has 0 aromatic rings. The van der Waals surface area contributed by atoms with Gasteiger partial charge in [0.15, 0.2) is 0 Å². The first kappa shape index (κ1) is 3.92. The van der Waals surface area contributed by atoms with Crippen LogP contribution in [-0.2, 0) is 0 Å². The standard InChI is InChI=1S/2C4H6/c2*1-3-2-4(1)3/h2*3-4H,1-2H2. The third-order valence-electron chi connectivity index (χ3n) is 2.94. The third kappa shape index (κ3) is 0.586. The van der Waals surface area contributed by atoms with E-state index in [9.17, 15) is 0 Å². The van der Waals surface area contributed by atoms with E-state index < -0.39 is 0 Å². The SMILES string of the molecule is C1C2CC12.C1C2CC12. The molecule has 0 heteroatoms. The largest absolute Gasteiger partial charge is 0.0470 e. The first-order valence-corrected chi connectivity index (χ1v) is 3.93. The van der Waals surface area contributed by atoms with Crippen LogP contribution in [0.2, 0.25) is 0 Å². The Morgan fingerprint density at radius 1 is 0.500 bits per heavy atom. The molecule has 0 atom stereocenters. The summed E-state index contributed by atoms with van der Waals surface area (Å²) in [7, 11) is 0. The maximum Gasteiger partial charge on any atom is -0.0380 e. The van der Waals surface area contributed by atoms with Crippen molar-refractivity contribution in [3.63, 3.8) is 0 Å². The van der Waals surface area contributed by atoms with Gasteiger partial charge in [-0.3, -0.25) is 0 Å². The molecule has 44 valence electrons. The molecule has 0 saturated heterocycles. The fourth-order valence-corrected chi connectivity index (χ4v) is 1.10. The molecule has 0 spiro atoms. The van der Waals surface area contributed by atoms with Crippen LogP contribution in [0, 0.1) is 23.7 Å². The molecule has 0 heterocycles. The normalized spacial score (nSPS) is 66.0. The molecule has 4 fully saturated rings. The minimum absolute atomic E-state index is 1.25. The highest BCUT2D eigenvalue weighted by Gasteiger charge is 2.52. The smallest absolute Gasteiger partial charge is 0.0380 e. The van der Waals surface area contributed by atoms with Gasteiger partial charge in [-0.05, 0) is 49.4 Å². The molecular weight excluding hydrogens is 96.1 g/mol. The maximum atomic E-state index is 1.58. The van der Waals surface area contributed by atoms with Gasteiger partial charge in [0.25, 0.3) is 0 Å². The molecule has 4 aliphatic carbocycles. The molecule has 0 amide bonds. The summed E-state index contributed by atoms with van der Waals surface area (Å²) in [6, 6.07) is 0. The number of rotatable bonds is 0. The lowest BCUT2D eigenvalue weighted by Crippen LogP contribution is -1.47. The van der Waals surface area contributed by atoms with Crippen molar-refractivity contribution in [2.75, 3.05) is 0 Å². The van der Waals surface area contributed by atoms with Crippen molar-refractivity contribution in [2.45, 2.75) is 25.7 Å².